The number of hydrogen-bond donors (Lipinski definition) is 1. The van der Waals surface area contributed by atoms with Crippen molar-refractivity contribution in [1.29, 1.82) is 0 Å². The lowest BCUT2D eigenvalue weighted by Crippen LogP contribution is -2.43. The molecule has 3 rings (SSSR count). The monoisotopic (exact) mass is 542 g/mol. The van der Waals surface area contributed by atoms with Gasteiger partial charge in [-0.3, -0.25) is 4.90 Å². The minimum atomic E-state index is 0. The largest absolute Gasteiger partial charge is 0.508 e. The maximum absolute atomic E-state index is 10.5. The van der Waals surface area contributed by atoms with Crippen LogP contribution in [0.4, 0.5) is 0 Å². The molecule has 0 unspecified atom stereocenters. The molecule has 3 nitrogen and oxygen atoms in total. The summed E-state index contributed by atoms with van der Waals surface area (Å²) in [6, 6.07) is 6.14. The minimum Gasteiger partial charge on any atom is -0.508 e. The Hall–Kier alpha value is -0.500. The number of halogens is 1. The maximum atomic E-state index is 10.5. The Kier molecular flexibility index (Phi) is 14.2. The van der Waals surface area contributed by atoms with Crippen LogP contribution in [0.2, 0.25) is 0 Å². The highest BCUT2D eigenvalue weighted by molar-refractivity contribution is 7.80. The third-order valence-electron chi connectivity index (χ3n) is 6.83. The zero-order chi connectivity index (χ0) is 23.5. The number of rotatable bonds is 14. The van der Waals surface area contributed by atoms with Crippen molar-refractivity contribution in [3.05, 3.63) is 33.1 Å². The summed E-state index contributed by atoms with van der Waals surface area (Å²) in [5.74, 6) is 0.410. The molecule has 1 aromatic carbocycles. The predicted octanol–water partition coefficient (Wildman–Crippen LogP) is 8.54. The molecule has 7 heteroatoms. The van der Waals surface area contributed by atoms with Gasteiger partial charge >= 0.3 is 0 Å². The number of nitrogens with zero attached hydrogens (tertiary/aromatic N) is 2. The van der Waals surface area contributed by atoms with E-state index in [0.29, 0.717) is 5.75 Å². The molecule has 1 N–H and O–H groups in total. The van der Waals surface area contributed by atoms with Crippen LogP contribution in [0, 0.1) is 3.82 Å². The summed E-state index contributed by atoms with van der Waals surface area (Å²) in [6.07, 6.45) is 14.7. The molecule has 2 heterocycles. The van der Waals surface area contributed by atoms with Gasteiger partial charge in [-0.15, -0.1) is 12.4 Å². The van der Waals surface area contributed by atoms with Gasteiger partial charge in [0.1, 0.15) is 9.57 Å². The van der Waals surface area contributed by atoms with Crippen molar-refractivity contribution in [2.24, 2.45) is 0 Å². The fourth-order valence-electron chi connectivity index (χ4n) is 4.60. The Morgan fingerprint density at radius 3 is 2.15 bits per heavy atom. The average molecular weight is 543 g/mol. The first kappa shape index (κ1) is 29.7. The van der Waals surface area contributed by atoms with Crippen molar-refractivity contribution in [3.63, 3.8) is 0 Å². The molecule has 0 radical (unpaired) electrons. The number of phenols is 1. The predicted molar refractivity (Wildman–Crippen MR) is 156 cm³/mol. The summed E-state index contributed by atoms with van der Waals surface area (Å²) in [7, 11) is 5.71. The highest BCUT2D eigenvalue weighted by Gasteiger charge is 2.17. The molecule has 0 spiro atoms. The Labute approximate surface area is 226 Å². The van der Waals surface area contributed by atoms with Crippen LogP contribution in [0.3, 0.4) is 0 Å². The van der Waals surface area contributed by atoms with E-state index in [2.05, 4.69) is 35.9 Å². The normalized spacial score (nSPS) is 14.9. The van der Waals surface area contributed by atoms with Crippen molar-refractivity contribution < 1.29 is 5.11 Å². The molecule has 0 atom stereocenters. The highest BCUT2D eigenvalue weighted by atomic mass is 35.5. The molecule has 0 amide bonds. The number of piperazine rings is 1. The molecule has 0 bridgehead atoms. The van der Waals surface area contributed by atoms with E-state index in [9.17, 15) is 5.11 Å². The van der Waals surface area contributed by atoms with Crippen LogP contribution in [0.25, 0.3) is 10.4 Å². The third kappa shape index (κ3) is 9.51. The van der Waals surface area contributed by atoms with Crippen molar-refractivity contribution in [1.82, 2.24) is 9.80 Å². The van der Waals surface area contributed by atoms with Crippen LogP contribution in [0.5, 0.6) is 5.75 Å². The van der Waals surface area contributed by atoms with E-state index in [1.807, 2.05) is 16.4 Å². The highest BCUT2D eigenvalue weighted by Crippen LogP contribution is 2.37. The summed E-state index contributed by atoms with van der Waals surface area (Å²) >= 11 is 5.71. The third-order valence-corrected chi connectivity index (χ3v) is 10.0. The van der Waals surface area contributed by atoms with Gasteiger partial charge in [-0.05, 0) is 49.2 Å². The molecule has 1 aliphatic heterocycles. The van der Waals surface area contributed by atoms with Crippen molar-refractivity contribution >= 4 is 45.3 Å². The van der Waals surface area contributed by atoms with Gasteiger partial charge < -0.3 is 10.0 Å². The van der Waals surface area contributed by atoms with Crippen molar-refractivity contribution in [2.75, 3.05) is 33.2 Å². The lowest BCUT2D eigenvalue weighted by Gasteiger charge is -2.32. The van der Waals surface area contributed by atoms with Gasteiger partial charge in [0.25, 0.3) is 0 Å². The molecule has 0 saturated carbocycles. The van der Waals surface area contributed by atoms with E-state index in [4.69, 9.17) is 12.2 Å². The molecule has 1 aromatic heterocycles. The zero-order valence-electron chi connectivity index (χ0n) is 21.0. The number of hydrogen-bond acceptors (Lipinski definition) is 6. The Morgan fingerprint density at radius 2 is 1.50 bits per heavy atom. The van der Waals surface area contributed by atoms with Crippen molar-refractivity contribution in [2.45, 2.75) is 84.1 Å². The first-order chi connectivity index (χ1) is 16.1. The Balaban J connectivity index is 0.00000408. The summed E-state index contributed by atoms with van der Waals surface area (Å²) in [6.45, 7) is 7.40. The number of phenolic OH excluding ortho intramolecular Hbond substituents is 1. The first-order valence-corrected chi connectivity index (χ1v) is 15.5. The summed E-state index contributed by atoms with van der Waals surface area (Å²) in [5, 5.41) is 10.5. The topological polar surface area (TPSA) is 26.7 Å². The maximum Gasteiger partial charge on any atom is 0.120 e. The van der Waals surface area contributed by atoms with Gasteiger partial charge in [0, 0.05) is 38.3 Å². The van der Waals surface area contributed by atoms with Crippen LogP contribution >= 0.6 is 45.3 Å². The number of aromatic hydroxyl groups is 1. The Morgan fingerprint density at radius 1 is 0.882 bits per heavy atom. The smallest absolute Gasteiger partial charge is 0.120 e. The quantitative estimate of drug-likeness (QED) is 0.147. The summed E-state index contributed by atoms with van der Waals surface area (Å²) in [4.78, 5) is 6.13. The van der Waals surface area contributed by atoms with E-state index in [1.54, 1.807) is 10.3 Å². The molecule has 1 aliphatic rings. The van der Waals surface area contributed by atoms with E-state index in [1.165, 1.54) is 80.2 Å². The molecular formula is C27H43ClN2OS3. The lowest BCUT2D eigenvalue weighted by molar-refractivity contribution is 0.147. The second kappa shape index (κ2) is 16.3. The van der Waals surface area contributed by atoms with Crippen LogP contribution in [-0.4, -0.2) is 48.1 Å². The van der Waals surface area contributed by atoms with Crippen LogP contribution < -0.4 is 0 Å². The molecule has 0 aliphatic carbocycles. The van der Waals surface area contributed by atoms with E-state index in [-0.39, 0.29) is 12.4 Å². The average Bonchev–Trinajstić information content (AvgIpc) is 3.18. The van der Waals surface area contributed by atoms with Gasteiger partial charge in [0.05, 0.1) is 4.88 Å². The first-order valence-electron chi connectivity index (χ1n) is 12.9. The van der Waals surface area contributed by atoms with E-state index < -0.39 is 0 Å². The lowest BCUT2D eigenvalue weighted by atomic mass is 10.0. The standard InChI is InChI=1S/C27H42N2OS3.ClH/c1-3-4-5-6-7-8-9-10-11-12-13-24-26(32-33-27(24)31)22-14-15-25(30)23(20-22)21-29-18-16-28(2)17-19-29;/h14-15,20,30H,3-13,16-19,21H2,1-2H3;1H. The molecule has 2 aromatic rings. The molecule has 34 heavy (non-hydrogen) atoms. The van der Waals surface area contributed by atoms with Crippen molar-refractivity contribution in [3.8, 4) is 16.2 Å². The molecular weight excluding hydrogens is 500 g/mol. The second-order valence-corrected chi connectivity index (χ2v) is 12.4. The van der Waals surface area contributed by atoms with E-state index in [0.717, 1.165) is 48.5 Å². The summed E-state index contributed by atoms with van der Waals surface area (Å²) in [5.41, 5.74) is 3.61. The number of benzene rings is 1. The molecule has 1 fully saturated rings. The fourth-order valence-corrected chi connectivity index (χ4v) is 7.60. The molecule has 1 saturated heterocycles. The van der Waals surface area contributed by atoms with Crippen LogP contribution in [0.1, 0.15) is 82.3 Å². The fraction of sp³-hybridized carbons (Fsp3) is 0.667. The van der Waals surface area contributed by atoms with Gasteiger partial charge in [-0.1, -0.05) is 97.6 Å². The van der Waals surface area contributed by atoms with Crippen LogP contribution in [0.15, 0.2) is 18.2 Å². The van der Waals surface area contributed by atoms with Gasteiger partial charge in [-0.2, -0.15) is 0 Å². The van der Waals surface area contributed by atoms with Crippen LogP contribution in [-0.2, 0) is 13.0 Å². The van der Waals surface area contributed by atoms with Gasteiger partial charge in [0.15, 0.2) is 0 Å². The summed E-state index contributed by atoms with van der Waals surface area (Å²) < 4.78 is 1.06. The van der Waals surface area contributed by atoms with Gasteiger partial charge in [-0.25, -0.2) is 0 Å². The SMILES string of the molecule is CCCCCCCCCCCCc1c(-c2ccc(O)c(CN3CCN(C)CC3)c2)ssc1=S.Cl. The minimum absolute atomic E-state index is 0. The second-order valence-electron chi connectivity index (χ2n) is 9.62. The Bertz CT molecular complexity index is 890. The number of likely N-dealkylation sites (N-methyl/N-ethyl adjacent to an activating group) is 1. The zero-order valence-corrected chi connectivity index (χ0v) is 24.3. The van der Waals surface area contributed by atoms with E-state index >= 15 is 0 Å². The van der Waals surface area contributed by atoms with Gasteiger partial charge in [0.2, 0.25) is 0 Å². The molecule has 192 valence electrons. The number of unbranched alkanes of at least 4 members (excludes halogenated alkanes) is 9.